The van der Waals surface area contributed by atoms with Gasteiger partial charge in [0.05, 0.1) is 10.7 Å². The molecule has 4 rings (SSSR count). The number of aromatic nitrogens is 3. The van der Waals surface area contributed by atoms with E-state index in [0.29, 0.717) is 20.6 Å². The van der Waals surface area contributed by atoms with Crippen LogP contribution in [-0.4, -0.2) is 26.3 Å². The van der Waals surface area contributed by atoms with Crippen LogP contribution in [0.3, 0.4) is 0 Å². The molecular weight excluding hydrogens is 443 g/mol. The van der Waals surface area contributed by atoms with E-state index < -0.39 is 0 Å². The summed E-state index contributed by atoms with van der Waals surface area (Å²) in [5.74, 6) is -0.230. The van der Waals surface area contributed by atoms with Gasteiger partial charge in [0.25, 0.3) is 0 Å². The van der Waals surface area contributed by atoms with Gasteiger partial charge in [-0.25, -0.2) is 4.52 Å². The predicted molar refractivity (Wildman–Crippen MR) is 120 cm³/mol. The molecule has 2 aromatic heterocycles. The highest BCUT2D eigenvalue weighted by molar-refractivity contribution is 7.15. The third-order valence-corrected chi connectivity index (χ3v) is 5.87. The van der Waals surface area contributed by atoms with E-state index in [2.05, 4.69) is 15.4 Å². The van der Waals surface area contributed by atoms with Gasteiger partial charge in [-0.05, 0) is 25.1 Å². The summed E-state index contributed by atoms with van der Waals surface area (Å²) in [4.78, 5) is 29.4. The summed E-state index contributed by atoms with van der Waals surface area (Å²) in [6.45, 7) is 1.95. The number of hydrogen-bond acceptors (Lipinski definition) is 5. The second-order valence-electron chi connectivity index (χ2n) is 6.71. The van der Waals surface area contributed by atoms with Crippen molar-refractivity contribution in [1.29, 1.82) is 0 Å². The van der Waals surface area contributed by atoms with Crippen molar-refractivity contribution in [2.75, 3.05) is 5.32 Å². The second-order valence-corrected chi connectivity index (χ2v) is 8.39. The largest absolute Gasteiger partial charge is 0.294 e. The summed E-state index contributed by atoms with van der Waals surface area (Å²) >= 11 is 13.7. The molecule has 0 spiro atoms. The Morgan fingerprint density at radius 1 is 1.10 bits per heavy atom. The van der Waals surface area contributed by atoms with E-state index in [1.54, 1.807) is 34.8 Å². The lowest BCUT2D eigenvalue weighted by molar-refractivity contribution is -0.116. The molecule has 0 fully saturated rings. The van der Waals surface area contributed by atoms with Gasteiger partial charge >= 0.3 is 0 Å². The number of amides is 1. The van der Waals surface area contributed by atoms with Crippen LogP contribution in [0.1, 0.15) is 28.8 Å². The van der Waals surface area contributed by atoms with Crippen molar-refractivity contribution in [1.82, 2.24) is 14.6 Å². The number of nitrogens with zero attached hydrogens (tertiary/aromatic N) is 3. The van der Waals surface area contributed by atoms with Gasteiger partial charge in [-0.15, -0.1) is 16.4 Å². The van der Waals surface area contributed by atoms with E-state index >= 15 is 0 Å². The molecule has 0 aliphatic carbocycles. The minimum Gasteiger partial charge on any atom is -0.294 e. The molecule has 0 aliphatic rings. The van der Waals surface area contributed by atoms with Gasteiger partial charge in [0.1, 0.15) is 0 Å². The van der Waals surface area contributed by atoms with E-state index in [1.807, 2.05) is 24.4 Å². The lowest BCUT2D eigenvalue weighted by Gasteiger charge is -2.03. The molecule has 0 saturated heterocycles. The molecule has 0 atom stereocenters. The fraction of sp³-hybridized carbons (Fsp3) is 0.143. The van der Waals surface area contributed by atoms with Crippen LogP contribution in [0.25, 0.3) is 16.2 Å². The van der Waals surface area contributed by atoms with E-state index in [-0.39, 0.29) is 30.5 Å². The average molecular weight is 459 g/mol. The first-order valence-corrected chi connectivity index (χ1v) is 10.7. The van der Waals surface area contributed by atoms with Crippen molar-refractivity contribution in [3.63, 3.8) is 0 Å². The number of thiazole rings is 1. The summed E-state index contributed by atoms with van der Waals surface area (Å²) in [6.07, 6.45) is 0.160. The Labute approximate surface area is 186 Å². The number of halogens is 2. The Morgan fingerprint density at radius 3 is 2.63 bits per heavy atom. The molecule has 1 amide bonds. The molecule has 0 aliphatic heterocycles. The third kappa shape index (κ3) is 4.38. The highest BCUT2D eigenvalue weighted by Crippen LogP contribution is 2.33. The first-order valence-electron chi connectivity index (χ1n) is 9.10. The maximum Gasteiger partial charge on any atom is 0.250 e. The molecule has 0 radical (unpaired) electrons. The van der Waals surface area contributed by atoms with Gasteiger partial charge in [0, 0.05) is 34.4 Å². The first-order chi connectivity index (χ1) is 14.4. The minimum atomic E-state index is -0.323. The van der Waals surface area contributed by atoms with Crippen LogP contribution in [0.15, 0.2) is 47.8 Å². The third-order valence-electron chi connectivity index (χ3n) is 4.49. The molecule has 4 aromatic rings. The number of hydrogen-bond donors (Lipinski definition) is 1. The number of aryl methyl sites for hydroxylation is 1. The molecule has 0 saturated carbocycles. The number of rotatable bonds is 6. The van der Waals surface area contributed by atoms with Crippen molar-refractivity contribution in [3.05, 3.63) is 69.0 Å². The molecule has 152 valence electrons. The Bertz CT molecular complexity index is 1250. The van der Waals surface area contributed by atoms with E-state index in [9.17, 15) is 9.59 Å². The number of carbonyl (C=O) groups excluding carboxylic acids is 2. The number of anilines is 1. The van der Waals surface area contributed by atoms with E-state index in [4.69, 9.17) is 23.2 Å². The molecule has 6 nitrogen and oxygen atoms in total. The van der Waals surface area contributed by atoms with Crippen LogP contribution in [0, 0.1) is 6.92 Å². The van der Waals surface area contributed by atoms with Crippen LogP contribution in [0.4, 0.5) is 5.95 Å². The molecule has 30 heavy (non-hydrogen) atoms. The number of Topliss-reactive ketones (excluding diaryl/α,β-unsaturated/α-hetero) is 1. The standard InChI is InChI=1S/C21H16Cl2N4O2S/c1-12-2-4-13(5-3-12)18(28)8-9-19(29)24-20-25-21-27(26-20)17(11-30-21)15-10-14(22)6-7-16(15)23/h2-7,10-11H,8-9H2,1H3,(H,24,26,29). The SMILES string of the molecule is Cc1ccc(C(=O)CCC(=O)Nc2nc3scc(-c4cc(Cl)ccc4Cl)n3n2)cc1. The fourth-order valence-electron chi connectivity index (χ4n) is 2.91. The van der Waals surface area contributed by atoms with Gasteiger partial charge in [-0.2, -0.15) is 4.98 Å². The highest BCUT2D eigenvalue weighted by atomic mass is 35.5. The summed E-state index contributed by atoms with van der Waals surface area (Å²) < 4.78 is 1.61. The van der Waals surface area contributed by atoms with Crippen LogP contribution < -0.4 is 5.32 Å². The number of carbonyl (C=O) groups is 2. The summed E-state index contributed by atoms with van der Waals surface area (Å²) in [5.41, 5.74) is 3.12. The van der Waals surface area contributed by atoms with E-state index in [0.717, 1.165) is 16.8 Å². The number of ketones is 1. The molecule has 0 bridgehead atoms. The Kier molecular flexibility index (Phi) is 5.85. The maximum absolute atomic E-state index is 12.3. The quantitative estimate of drug-likeness (QED) is 0.377. The maximum atomic E-state index is 12.3. The second kappa shape index (κ2) is 8.55. The van der Waals surface area contributed by atoms with Crippen molar-refractivity contribution in [2.45, 2.75) is 19.8 Å². The summed E-state index contributed by atoms with van der Waals surface area (Å²) in [6, 6.07) is 12.5. The normalized spacial score (nSPS) is 11.0. The van der Waals surface area contributed by atoms with E-state index in [1.165, 1.54) is 11.3 Å². The summed E-state index contributed by atoms with van der Waals surface area (Å²) in [5, 5.41) is 9.97. The first kappa shape index (κ1) is 20.5. The Balaban J connectivity index is 1.45. The molecule has 2 aromatic carbocycles. The Morgan fingerprint density at radius 2 is 1.87 bits per heavy atom. The van der Waals surface area contributed by atoms with Crippen LogP contribution in [0.2, 0.25) is 10.0 Å². The van der Waals surface area contributed by atoms with Gasteiger partial charge in [-0.3, -0.25) is 14.9 Å². The molecule has 0 unspecified atom stereocenters. The zero-order chi connectivity index (χ0) is 21.3. The lowest BCUT2D eigenvalue weighted by Crippen LogP contribution is -2.14. The zero-order valence-corrected chi connectivity index (χ0v) is 18.2. The van der Waals surface area contributed by atoms with Crippen LogP contribution in [-0.2, 0) is 4.79 Å². The molecule has 1 N–H and O–H groups in total. The average Bonchev–Trinajstić information content (AvgIpc) is 3.29. The number of benzene rings is 2. The smallest absolute Gasteiger partial charge is 0.250 e. The van der Waals surface area contributed by atoms with Gasteiger partial charge < -0.3 is 0 Å². The van der Waals surface area contributed by atoms with Crippen molar-refractivity contribution in [3.8, 4) is 11.3 Å². The van der Waals surface area contributed by atoms with Gasteiger partial charge in [-0.1, -0.05) is 53.0 Å². The van der Waals surface area contributed by atoms with Gasteiger partial charge in [0.15, 0.2) is 5.78 Å². The van der Waals surface area contributed by atoms with Gasteiger partial charge in [0.2, 0.25) is 16.8 Å². The van der Waals surface area contributed by atoms with Crippen molar-refractivity contribution >= 4 is 57.1 Å². The monoisotopic (exact) mass is 458 g/mol. The molecule has 2 heterocycles. The molecule has 9 heteroatoms. The summed E-state index contributed by atoms with van der Waals surface area (Å²) in [7, 11) is 0. The van der Waals surface area contributed by atoms with Crippen molar-refractivity contribution in [2.24, 2.45) is 0 Å². The lowest BCUT2D eigenvalue weighted by atomic mass is 10.1. The van der Waals surface area contributed by atoms with Crippen molar-refractivity contribution < 1.29 is 9.59 Å². The predicted octanol–water partition coefficient (Wildman–Crippen LogP) is 5.67. The Hall–Kier alpha value is -2.74. The fourth-order valence-corrected chi connectivity index (χ4v) is 4.12. The minimum absolute atomic E-state index is 0.0482. The van der Waals surface area contributed by atoms with Crippen LogP contribution >= 0.6 is 34.5 Å². The highest BCUT2D eigenvalue weighted by Gasteiger charge is 2.16. The van der Waals surface area contributed by atoms with Crippen LogP contribution in [0.5, 0.6) is 0 Å². The number of fused-ring (bicyclic) bond motifs is 1. The number of nitrogens with one attached hydrogen (secondary N) is 1. The molecular formula is C21H16Cl2N4O2S. The zero-order valence-electron chi connectivity index (χ0n) is 15.9. The topological polar surface area (TPSA) is 76.4 Å².